The standard InChI is InChI=1S/C11H20O10/c12-1-4-5(14)6(15)7(16)11(19,21-4)9-8(17)10(18,2-13)3-20-9/h4-9,12-19H,1-3H2/t4-,5-,6+,7-,8+,9-,10?,11+/m1/s1. The summed E-state index contributed by atoms with van der Waals surface area (Å²) in [5.41, 5.74) is -2.07. The third-order valence-electron chi connectivity index (χ3n) is 4.03. The molecule has 2 aliphatic rings. The van der Waals surface area contributed by atoms with Gasteiger partial charge in [0.25, 0.3) is 0 Å². The molecular formula is C11H20O10. The third-order valence-corrected chi connectivity index (χ3v) is 4.03. The Bertz CT molecular complexity index is 378. The Balaban J connectivity index is 2.28. The van der Waals surface area contributed by atoms with E-state index in [4.69, 9.17) is 19.7 Å². The lowest BCUT2D eigenvalue weighted by atomic mass is 9.85. The van der Waals surface area contributed by atoms with Crippen LogP contribution in [-0.2, 0) is 9.47 Å². The maximum absolute atomic E-state index is 10.4. The summed E-state index contributed by atoms with van der Waals surface area (Å²) in [4.78, 5) is 0. The molecule has 0 aromatic carbocycles. The second-order valence-corrected chi connectivity index (χ2v) is 5.45. The quantitative estimate of drug-likeness (QED) is 0.250. The molecule has 0 saturated carbocycles. The van der Waals surface area contributed by atoms with Gasteiger partial charge in [0.2, 0.25) is 5.79 Å². The first-order chi connectivity index (χ1) is 9.71. The molecule has 0 amide bonds. The van der Waals surface area contributed by atoms with Crippen LogP contribution in [0.3, 0.4) is 0 Å². The number of hydrogen-bond donors (Lipinski definition) is 8. The van der Waals surface area contributed by atoms with Gasteiger partial charge in [0.15, 0.2) is 0 Å². The SMILES string of the molecule is OC[C@H]1O[C@](O)([C@@H]2OCC(O)(CO)[C@H]2O)[C@H](O)[C@@H](O)[C@@H]1O. The Labute approximate surface area is 119 Å². The van der Waals surface area contributed by atoms with Crippen LogP contribution in [0.15, 0.2) is 0 Å². The average molecular weight is 312 g/mol. The van der Waals surface area contributed by atoms with Crippen LogP contribution in [0.25, 0.3) is 0 Å². The second-order valence-electron chi connectivity index (χ2n) is 5.45. The molecule has 0 aromatic heterocycles. The molecule has 0 radical (unpaired) electrons. The van der Waals surface area contributed by atoms with Gasteiger partial charge in [-0.05, 0) is 0 Å². The van der Waals surface area contributed by atoms with Crippen molar-refractivity contribution in [2.75, 3.05) is 19.8 Å². The molecule has 2 saturated heterocycles. The Morgan fingerprint density at radius 3 is 2.05 bits per heavy atom. The highest BCUT2D eigenvalue weighted by atomic mass is 16.7. The molecule has 10 nitrogen and oxygen atoms in total. The molecule has 0 aliphatic carbocycles. The van der Waals surface area contributed by atoms with Gasteiger partial charge in [-0.1, -0.05) is 0 Å². The fourth-order valence-corrected chi connectivity index (χ4v) is 2.59. The summed E-state index contributed by atoms with van der Waals surface area (Å²) in [6, 6.07) is 0. The number of ether oxygens (including phenoxy) is 2. The van der Waals surface area contributed by atoms with Crippen LogP contribution in [-0.4, -0.2) is 109 Å². The van der Waals surface area contributed by atoms with Crippen molar-refractivity contribution in [3.8, 4) is 0 Å². The highest BCUT2D eigenvalue weighted by Crippen LogP contribution is 2.38. The lowest BCUT2D eigenvalue weighted by Crippen LogP contribution is -2.71. The summed E-state index contributed by atoms with van der Waals surface area (Å²) in [6.45, 7) is -2.19. The van der Waals surface area contributed by atoms with Crippen molar-refractivity contribution < 1.29 is 50.3 Å². The first-order valence-electron chi connectivity index (χ1n) is 6.39. The van der Waals surface area contributed by atoms with Crippen LogP contribution in [0.4, 0.5) is 0 Å². The van der Waals surface area contributed by atoms with Crippen molar-refractivity contribution in [3.63, 3.8) is 0 Å². The van der Waals surface area contributed by atoms with Gasteiger partial charge in [-0.2, -0.15) is 0 Å². The predicted molar refractivity (Wildman–Crippen MR) is 62.7 cm³/mol. The van der Waals surface area contributed by atoms with Crippen LogP contribution in [0.2, 0.25) is 0 Å². The summed E-state index contributed by atoms with van der Waals surface area (Å²) in [7, 11) is 0. The predicted octanol–water partition coefficient (Wildman–Crippen LogP) is -5.37. The molecule has 2 aliphatic heterocycles. The minimum Gasteiger partial charge on any atom is -0.394 e. The second kappa shape index (κ2) is 5.66. The summed E-state index contributed by atoms with van der Waals surface area (Å²) in [5.74, 6) is -2.69. The third kappa shape index (κ3) is 2.47. The van der Waals surface area contributed by atoms with Gasteiger partial charge < -0.3 is 50.3 Å². The lowest BCUT2D eigenvalue weighted by Gasteiger charge is -2.48. The Kier molecular flexibility index (Phi) is 4.57. The fraction of sp³-hybridized carbons (Fsp3) is 1.00. The van der Waals surface area contributed by atoms with Gasteiger partial charge >= 0.3 is 0 Å². The summed E-state index contributed by atoms with van der Waals surface area (Å²) < 4.78 is 9.97. The number of aliphatic hydroxyl groups excluding tert-OH is 6. The molecule has 2 heterocycles. The van der Waals surface area contributed by atoms with Crippen LogP contribution in [0.5, 0.6) is 0 Å². The molecule has 1 unspecified atom stereocenters. The zero-order valence-corrected chi connectivity index (χ0v) is 11.0. The topological polar surface area (TPSA) is 180 Å². The molecule has 124 valence electrons. The van der Waals surface area contributed by atoms with E-state index < -0.39 is 67.8 Å². The van der Waals surface area contributed by atoms with Gasteiger partial charge in [-0.15, -0.1) is 0 Å². The summed E-state index contributed by atoms with van der Waals surface area (Å²) in [5, 5.41) is 77.6. The normalized spacial score (nSPS) is 54.9. The van der Waals surface area contributed by atoms with E-state index in [9.17, 15) is 30.6 Å². The highest BCUT2D eigenvalue weighted by Gasteiger charge is 2.64. The molecule has 0 spiro atoms. The van der Waals surface area contributed by atoms with Crippen molar-refractivity contribution in [2.45, 2.75) is 48.0 Å². The van der Waals surface area contributed by atoms with Gasteiger partial charge in [0.1, 0.15) is 42.2 Å². The van der Waals surface area contributed by atoms with Crippen molar-refractivity contribution in [1.29, 1.82) is 0 Å². The lowest BCUT2D eigenvalue weighted by molar-refractivity contribution is -0.381. The molecule has 0 aromatic rings. The maximum Gasteiger partial charge on any atom is 0.225 e. The zero-order valence-electron chi connectivity index (χ0n) is 11.0. The number of aliphatic hydroxyl groups is 8. The molecule has 8 N–H and O–H groups in total. The van der Waals surface area contributed by atoms with Gasteiger partial charge in [-0.25, -0.2) is 0 Å². The first-order valence-corrected chi connectivity index (χ1v) is 6.39. The molecule has 0 bridgehead atoms. The smallest absolute Gasteiger partial charge is 0.225 e. The molecule has 8 atom stereocenters. The van der Waals surface area contributed by atoms with Gasteiger partial charge in [0, 0.05) is 0 Å². The van der Waals surface area contributed by atoms with E-state index in [2.05, 4.69) is 0 Å². The minimum absolute atomic E-state index is 0.545. The monoisotopic (exact) mass is 312 g/mol. The Hall–Kier alpha value is -0.400. The fourth-order valence-electron chi connectivity index (χ4n) is 2.59. The molecule has 10 heteroatoms. The summed E-state index contributed by atoms with van der Waals surface area (Å²) >= 11 is 0. The molecular weight excluding hydrogens is 292 g/mol. The Morgan fingerprint density at radius 2 is 1.57 bits per heavy atom. The van der Waals surface area contributed by atoms with Gasteiger partial charge in [-0.3, -0.25) is 0 Å². The van der Waals surface area contributed by atoms with Crippen LogP contribution in [0, 0.1) is 0 Å². The molecule has 2 fully saturated rings. The van der Waals surface area contributed by atoms with E-state index in [0.29, 0.717) is 0 Å². The van der Waals surface area contributed by atoms with E-state index in [1.165, 1.54) is 0 Å². The number of rotatable bonds is 3. The summed E-state index contributed by atoms with van der Waals surface area (Å²) in [6.07, 6.45) is -10.6. The van der Waals surface area contributed by atoms with E-state index in [-0.39, 0.29) is 0 Å². The van der Waals surface area contributed by atoms with E-state index in [1.807, 2.05) is 0 Å². The maximum atomic E-state index is 10.4. The van der Waals surface area contributed by atoms with Crippen LogP contribution < -0.4 is 0 Å². The van der Waals surface area contributed by atoms with Crippen molar-refractivity contribution >= 4 is 0 Å². The minimum atomic E-state index is -2.69. The van der Waals surface area contributed by atoms with Crippen molar-refractivity contribution in [3.05, 3.63) is 0 Å². The molecule has 21 heavy (non-hydrogen) atoms. The van der Waals surface area contributed by atoms with Gasteiger partial charge in [0.05, 0.1) is 19.8 Å². The molecule has 2 rings (SSSR count). The van der Waals surface area contributed by atoms with Crippen molar-refractivity contribution in [2.24, 2.45) is 0 Å². The highest BCUT2D eigenvalue weighted by molar-refractivity contribution is 5.08. The number of hydrogen-bond acceptors (Lipinski definition) is 10. The van der Waals surface area contributed by atoms with Crippen LogP contribution in [0.1, 0.15) is 0 Å². The average Bonchev–Trinajstić information content (AvgIpc) is 2.78. The van der Waals surface area contributed by atoms with E-state index in [1.54, 1.807) is 0 Å². The largest absolute Gasteiger partial charge is 0.394 e. The van der Waals surface area contributed by atoms with Crippen molar-refractivity contribution in [1.82, 2.24) is 0 Å². The first kappa shape index (κ1) is 17.0. The van der Waals surface area contributed by atoms with E-state index in [0.717, 1.165) is 0 Å². The van der Waals surface area contributed by atoms with Crippen LogP contribution >= 0.6 is 0 Å². The Morgan fingerprint density at radius 1 is 0.952 bits per heavy atom. The van der Waals surface area contributed by atoms with E-state index >= 15 is 0 Å². The zero-order chi connectivity index (χ0) is 16.0.